The Hall–Kier alpha value is -2.40. The minimum atomic E-state index is -0.819. The first kappa shape index (κ1) is 15.0. The van der Waals surface area contributed by atoms with E-state index in [0.717, 1.165) is 5.75 Å². The normalized spacial score (nSPS) is 12.0. The number of hydrogen-bond acceptors (Lipinski definition) is 4. The number of aryl methyl sites for hydroxylation is 1. The number of nitro groups is 1. The van der Waals surface area contributed by atoms with Crippen LogP contribution in [0.1, 0.15) is 29.7 Å². The lowest BCUT2D eigenvalue weighted by atomic mass is 9.99. The molecule has 0 aromatic heterocycles. The largest absolute Gasteiger partial charge is 0.494 e. The third kappa shape index (κ3) is 3.38. The van der Waals surface area contributed by atoms with E-state index in [4.69, 9.17) is 4.74 Å². The van der Waals surface area contributed by atoms with Crippen LogP contribution < -0.4 is 4.74 Å². The monoisotopic (exact) mass is 287 g/mol. The van der Waals surface area contributed by atoms with Gasteiger partial charge >= 0.3 is 0 Å². The van der Waals surface area contributed by atoms with E-state index in [1.165, 1.54) is 6.07 Å². The summed E-state index contributed by atoms with van der Waals surface area (Å²) in [5.41, 5.74) is 1.93. The van der Waals surface area contributed by atoms with Crippen LogP contribution in [0.25, 0.3) is 0 Å². The third-order valence-electron chi connectivity index (χ3n) is 3.24. The molecule has 1 N–H and O–H groups in total. The van der Waals surface area contributed by atoms with Gasteiger partial charge in [-0.3, -0.25) is 10.1 Å². The van der Waals surface area contributed by atoms with Gasteiger partial charge in [-0.05, 0) is 49.2 Å². The van der Waals surface area contributed by atoms with E-state index in [-0.39, 0.29) is 5.69 Å². The Kier molecular flexibility index (Phi) is 4.55. The first-order valence-corrected chi connectivity index (χ1v) is 6.68. The SMILES string of the molecule is CCOc1ccc([C@@H](O)c2ccc([N+](=O)[O-])c(C)c2)cc1. The summed E-state index contributed by atoms with van der Waals surface area (Å²) in [4.78, 5) is 10.4. The highest BCUT2D eigenvalue weighted by molar-refractivity contribution is 5.44. The zero-order valence-corrected chi connectivity index (χ0v) is 11.9. The van der Waals surface area contributed by atoms with E-state index in [2.05, 4.69) is 0 Å². The van der Waals surface area contributed by atoms with Crippen molar-refractivity contribution in [2.75, 3.05) is 6.61 Å². The van der Waals surface area contributed by atoms with Crippen LogP contribution in [0.2, 0.25) is 0 Å². The van der Waals surface area contributed by atoms with Gasteiger partial charge in [0.1, 0.15) is 11.9 Å². The number of nitrogens with zero attached hydrogens (tertiary/aromatic N) is 1. The molecule has 0 aliphatic rings. The molecule has 2 aromatic carbocycles. The minimum Gasteiger partial charge on any atom is -0.494 e. The molecule has 5 nitrogen and oxygen atoms in total. The second kappa shape index (κ2) is 6.37. The van der Waals surface area contributed by atoms with Gasteiger partial charge in [-0.15, -0.1) is 0 Å². The summed E-state index contributed by atoms with van der Waals surface area (Å²) < 4.78 is 5.35. The molecule has 0 saturated carbocycles. The van der Waals surface area contributed by atoms with E-state index in [1.54, 1.807) is 43.3 Å². The van der Waals surface area contributed by atoms with Gasteiger partial charge in [0.05, 0.1) is 11.5 Å². The second-order valence-corrected chi connectivity index (χ2v) is 4.71. The average Bonchev–Trinajstić information content (AvgIpc) is 2.47. The summed E-state index contributed by atoms with van der Waals surface area (Å²) in [6.45, 7) is 4.15. The molecule has 21 heavy (non-hydrogen) atoms. The highest BCUT2D eigenvalue weighted by Crippen LogP contribution is 2.27. The van der Waals surface area contributed by atoms with Crippen LogP contribution in [0.5, 0.6) is 5.75 Å². The molecule has 0 unspecified atom stereocenters. The summed E-state index contributed by atoms with van der Waals surface area (Å²) in [6.07, 6.45) is -0.819. The number of benzene rings is 2. The standard InChI is InChI=1S/C16H17NO4/c1-3-21-14-7-4-12(5-8-14)16(18)13-6-9-15(17(19)20)11(2)10-13/h4-10,16,18H,3H2,1-2H3/t16-/m1/s1. The maximum Gasteiger partial charge on any atom is 0.272 e. The molecule has 1 atom stereocenters. The van der Waals surface area contributed by atoms with E-state index < -0.39 is 11.0 Å². The Morgan fingerprint density at radius 3 is 2.33 bits per heavy atom. The Morgan fingerprint density at radius 2 is 1.81 bits per heavy atom. The number of hydrogen-bond donors (Lipinski definition) is 1. The molecule has 2 rings (SSSR count). The average molecular weight is 287 g/mol. The van der Waals surface area contributed by atoms with Gasteiger partial charge in [-0.1, -0.05) is 12.1 Å². The highest BCUT2D eigenvalue weighted by Gasteiger charge is 2.15. The van der Waals surface area contributed by atoms with Crippen LogP contribution in [-0.2, 0) is 0 Å². The van der Waals surface area contributed by atoms with Gasteiger partial charge < -0.3 is 9.84 Å². The smallest absolute Gasteiger partial charge is 0.272 e. The first-order valence-electron chi connectivity index (χ1n) is 6.68. The number of rotatable bonds is 5. The van der Waals surface area contributed by atoms with Crippen molar-refractivity contribution >= 4 is 5.69 Å². The summed E-state index contributed by atoms with van der Waals surface area (Å²) >= 11 is 0. The molecular weight excluding hydrogens is 270 g/mol. The highest BCUT2D eigenvalue weighted by atomic mass is 16.6. The Morgan fingerprint density at radius 1 is 1.19 bits per heavy atom. The van der Waals surface area contributed by atoms with Crippen molar-refractivity contribution < 1.29 is 14.8 Å². The number of ether oxygens (including phenoxy) is 1. The maximum atomic E-state index is 10.8. The zero-order valence-electron chi connectivity index (χ0n) is 11.9. The fourth-order valence-electron chi connectivity index (χ4n) is 2.16. The molecule has 5 heteroatoms. The topological polar surface area (TPSA) is 72.6 Å². The lowest BCUT2D eigenvalue weighted by Gasteiger charge is -2.13. The molecule has 0 aliphatic carbocycles. The molecule has 0 heterocycles. The summed E-state index contributed by atoms with van der Waals surface area (Å²) in [6, 6.07) is 11.8. The summed E-state index contributed by atoms with van der Waals surface area (Å²) in [7, 11) is 0. The van der Waals surface area contributed by atoms with Crippen molar-refractivity contribution in [3.63, 3.8) is 0 Å². The second-order valence-electron chi connectivity index (χ2n) is 4.71. The first-order chi connectivity index (χ1) is 10.0. The van der Waals surface area contributed by atoms with Crippen molar-refractivity contribution in [3.05, 3.63) is 69.3 Å². The predicted octanol–water partition coefficient (Wildman–Crippen LogP) is 3.38. The van der Waals surface area contributed by atoms with Crippen molar-refractivity contribution in [3.8, 4) is 5.75 Å². The number of nitro benzene ring substituents is 1. The fourth-order valence-corrected chi connectivity index (χ4v) is 2.16. The van der Waals surface area contributed by atoms with E-state index in [0.29, 0.717) is 23.3 Å². The maximum absolute atomic E-state index is 10.8. The van der Waals surface area contributed by atoms with Gasteiger partial charge in [0.15, 0.2) is 0 Å². The molecule has 0 fully saturated rings. The number of aliphatic hydroxyl groups is 1. The van der Waals surface area contributed by atoms with Gasteiger partial charge in [0.2, 0.25) is 0 Å². The summed E-state index contributed by atoms with van der Waals surface area (Å²) in [5.74, 6) is 0.744. The van der Waals surface area contributed by atoms with E-state index in [1.807, 2.05) is 6.92 Å². The molecular formula is C16H17NO4. The molecule has 0 amide bonds. The van der Waals surface area contributed by atoms with Crippen LogP contribution in [-0.4, -0.2) is 16.6 Å². The predicted molar refractivity (Wildman–Crippen MR) is 79.5 cm³/mol. The quantitative estimate of drug-likeness (QED) is 0.676. The number of aliphatic hydroxyl groups excluding tert-OH is 1. The van der Waals surface area contributed by atoms with Crippen molar-refractivity contribution in [1.29, 1.82) is 0 Å². The van der Waals surface area contributed by atoms with Gasteiger partial charge in [-0.2, -0.15) is 0 Å². The van der Waals surface area contributed by atoms with Gasteiger partial charge in [0.25, 0.3) is 5.69 Å². The molecule has 0 spiro atoms. The molecule has 0 aliphatic heterocycles. The molecule has 0 saturated heterocycles. The van der Waals surface area contributed by atoms with Crippen molar-refractivity contribution in [1.82, 2.24) is 0 Å². The molecule has 0 bridgehead atoms. The van der Waals surface area contributed by atoms with Crippen molar-refractivity contribution in [2.45, 2.75) is 20.0 Å². The van der Waals surface area contributed by atoms with Crippen LogP contribution in [0.15, 0.2) is 42.5 Å². The Labute approximate surface area is 123 Å². The Bertz CT molecular complexity index is 637. The lowest BCUT2D eigenvalue weighted by molar-refractivity contribution is -0.385. The van der Waals surface area contributed by atoms with Gasteiger partial charge in [-0.25, -0.2) is 0 Å². The van der Waals surface area contributed by atoms with E-state index >= 15 is 0 Å². The van der Waals surface area contributed by atoms with Gasteiger partial charge in [0, 0.05) is 11.6 Å². The van der Waals surface area contributed by atoms with E-state index in [9.17, 15) is 15.2 Å². The van der Waals surface area contributed by atoms with Crippen molar-refractivity contribution in [2.24, 2.45) is 0 Å². The minimum absolute atomic E-state index is 0.0534. The molecule has 0 radical (unpaired) electrons. The lowest BCUT2D eigenvalue weighted by Crippen LogP contribution is -2.01. The zero-order chi connectivity index (χ0) is 15.4. The van der Waals surface area contributed by atoms with Crippen LogP contribution in [0.3, 0.4) is 0 Å². The summed E-state index contributed by atoms with van der Waals surface area (Å²) in [5, 5.41) is 21.2. The molecule has 2 aromatic rings. The Balaban J connectivity index is 2.25. The fraction of sp³-hybridized carbons (Fsp3) is 0.250. The molecule has 110 valence electrons. The van der Waals surface area contributed by atoms with Crippen LogP contribution >= 0.6 is 0 Å². The third-order valence-corrected chi connectivity index (χ3v) is 3.24. The van der Waals surface area contributed by atoms with Crippen LogP contribution in [0.4, 0.5) is 5.69 Å². The van der Waals surface area contributed by atoms with Crippen LogP contribution in [0, 0.1) is 17.0 Å².